The summed E-state index contributed by atoms with van der Waals surface area (Å²) in [7, 11) is -1.21. The second-order valence-corrected chi connectivity index (χ2v) is 10.3. The average Bonchev–Trinajstić information content (AvgIpc) is 3.19. The lowest BCUT2D eigenvalue weighted by Gasteiger charge is -2.23. The summed E-state index contributed by atoms with van der Waals surface area (Å²) in [5, 5.41) is 2.72. The molecule has 2 aliphatic rings. The van der Waals surface area contributed by atoms with E-state index in [9.17, 15) is 18.0 Å². The van der Waals surface area contributed by atoms with E-state index >= 15 is 0 Å². The van der Waals surface area contributed by atoms with Gasteiger partial charge in [0, 0.05) is 25.0 Å². The number of thiocarbonyl (C=S) groups is 1. The standard InChI is InChI=1S/C16H19N3O4S3/c1-10(14(20)17-11-5-7-26(22,23)9-11)19-15(21)13(25-16(19)24)8-12-4-3-6-18(12)2/h3-4,6,8,10-11H,5,7,9H2,1-2H3,(H,17,20). The Morgan fingerprint density at radius 1 is 1.50 bits per heavy atom. The number of thioether (sulfide) groups is 1. The predicted octanol–water partition coefficient (Wildman–Crippen LogP) is 0.918. The van der Waals surface area contributed by atoms with Crippen molar-refractivity contribution < 1.29 is 18.0 Å². The molecule has 26 heavy (non-hydrogen) atoms. The first-order chi connectivity index (χ1) is 12.2. The van der Waals surface area contributed by atoms with Gasteiger partial charge in [-0.1, -0.05) is 24.0 Å². The number of hydrogen-bond donors (Lipinski definition) is 1. The van der Waals surface area contributed by atoms with Crippen molar-refractivity contribution >= 4 is 56.0 Å². The summed E-state index contributed by atoms with van der Waals surface area (Å²) < 4.78 is 25.2. The number of carbonyl (C=O) groups excluding carboxylic acids is 2. The molecule has 0 aromatic carbocycles. The quantitative estimate of drug-likeness (QED) is 0.583. The minimum Gasteiger partial charge on any atom is -0.351 e. The molecular weight excluding hydrogens is 394 g/mol. The highest BCUT2D eigenvalue weighted by Crippen LogP contribution is 2.34. The summed E-state index contributed by atoms with van der Waals surface area (Å²) in [6, 6.07) is 2.54. The minimum atomic E-state index is -3.09. The molecule has 0 saturated carbocycles. The van der Waals surface area contributed by atoms with Gasteiger partial charge in [0.2, 0.25) is 5.91 Å². The molecule has 2 atom stereocenters. The van der Waals surface area contributed by atoms with E-state index in [4.69, 9.17) is 12.2 Å². The first kappa shape index (κ1) is 19.1. The molecule has 2 saturated heterocycles. The van der Waals surface area contributed by atoms with Crippen LogP contribution in [0.3, 0.4) is 0 Å². The van der Waals surface area contributed by atoms with Gasteiger partial charge in [0.25, 0.3) is 5.91 Å². The van der Waals surface area contributed by atoms with Crippen LogP contribution in [0.2, 0.25) is 0 Å². The largest absolute Gasteiger partial charge is 0.351 e. The van der Waals surface area contributed by atoms with Crippen molar-refractivity contribution in [2.24, 2.45) is 7.05 Å². The lowest BCUT2D eigenvalue weighted by atomic mass is 10.2. The second-order valence-electron chi connectivity index (χ2n) is 6.38. The Hall–Kier alpha value is -1.65. The maximum absolute atomic E-state index is 12.7. The molecular formula is C16H19N3O4S3. The first-order valence-electron chi connectivity index (χ1n) is 8.07. The van der Waals surface area contributed by atoms with Gasteiger partial charge >= 0.3 is 0 Å². The fourth-order valence-electron chi connectivity index (χ4n) is 2.92. The highest BCUT2D eigenvalue weighted by atomic mass is 32.2. The number of hydrogen-bond acceptors (Lipinski definition) is 6. The SMILES string of the molecule is CC(C(=O)NC1CCS(=O)(=O)C1)N1C(=O)C(=Cc2cccn2C)SC1=S. The molecule has 0 bridgehead atoms. The van der Waals surface area contributed by atoms with Gasteiger partial charge in [-0.15, -0.1) is 0 Å². The summed E-state index contributed by atoms with van der Waals surface area (Å²) in [5.41, 5.74) is 0.860. The predicted molar refractivity (Wildman–Crippen MR) is 105 cm³/mol. The smallest absolute Gasteiger partial charge is 0.266 e. The number of rotatable bonds is 4. The molecule has 2 amide bonds. The van der Waals surface area contributed by atoms with Gasteiger partial charge in [-0.05, 0) is 31.6 Å². The van der Waals surface area contributed by atoms with E-state index in [0.717, 1.165) is 17.5 Å². The zero-order chi connectivity index (χ0) is 19.1. The van der Waals surface area contributed by atoms with E-state index in [1.165, 1.54) is 4.90 Å². The van der Waals surface area contributed by atoms with Crippen molar-refractivity contribution in [2.45, 2.75) is 25.4 Å². The van der Waals surface area contributed by atoms with Crippen molar-refractivity contribution in [1.82, 2.24) is 14.8 Å². The topological polar surface area (TPSA) is 88.5 Å². The highest BCUT2D eigenvalue weighted by Gasteiger charge is 2.39. The van der Waals surface area contributed by atoms with Crippen LogP contribution in [0.5, 0.6) is 0 Å². The summed E-state index contributed by atoms with van der Waals surface area (Å²) in [6.45, 7) is 1.59. The Kier molecular flexibility index (Phi) is 5.27. The van der Waals surface area contributed by atoms with E-state index in [1.54, 1.807) is 13.0 Å². The molecule has 140 valence electrons. The molecule has 1 aromatic heterocycles. The van der Waals surface area contributed by atoms with Gasteiger partial charge in [0.15, 0.2) is 9.84 Å². The Labute approximate surface area is 161 Å². The molecule has 3 rings (SSSR count). The van der Waals surface area contributed by atoms with E-state index in [0.29, 0.717) is 15.6 Å². The summed E-state index contributed by atoms with van der Waals surface area (Å²) in [6.07, 6.45) is 4.01. The summed E-state index contributed by atoms with van der Waals surface area (Å²) in [4.78, 5) is 26.9. The summed E-state index contributed by atoms with van der Waals surface area (Å²) >= 11 is 6.44. The van der Waals surface area contributed by atoms with Crippen LogP contribution in [-0.4, -0.2) is 57.6 Å². The average molecular weight is 414 g/mol. The number of aryl methyl sites for hydroxylation is 1. The third-order valence-corrected chi connectivity index (χ3v) is 7.53. The number of amides is 2. The van der Waals surface area contributed by atoms with Gasteiger partial charge in [0.1, 0.15) is 10.4 Å². The zero-order valence-electron chi connectivity index (χ0n) is 14.3. The Morgan fingerprint density at radius 2 is 2.23 bits per heavy atom. The van der Waals surface area contributed by atoms with E-state index in [2.05, 4.69) is 5.32 Å². The number of aromatic nitrogens is 1. The van der Waals surface area contributed by atoms with Crippen molar-refractivity contribution in [1.29, 1.82) is 0 Å². The van der Waals surface area contributed by atoms with Crippen molar-refractivity contribution in [3.05, 3.63) is 28.9 Å². The number of nitrogens with one attached hydrogen (secondary N) is 1. The van der Waals surface area contributed by atoms with Crippen LogP contribution < -0.4 is 5.32 Å². The third-order valence-electron chi connectivity index (χ3n) is 4.43. The molecule has 3 heterocycles. The van der Waals surface area contributed by atoms with Crippen LogP contribution >= 0.6 is 24.0 Å². The van der Waals surface area contributed by atoms with Crippen LogP contribution in [0.4, 0.5) is 0 Å². The van der Waals surface area contributed by atoms with Crippen LogP contribution in [0.25, 0.3) is 6.08 Å². The van der Waals surface area contributed by atoms with Crippen molar-refractivity contribution in [3.8, 4) is 0 Å². The lowest BCUT2D eigenvalue weighted by Crippen LogP contribution is -2.50. The zero-order valence-corrected chi connectivity index (χ0v) is 16.8. The van der Waals surface area contributed by atoms with Gasteiger partial charge in [-0.25, -0.2) is 8.42 Å². The lowest BCUT2D eigenvalue weighted by molar-refractivity contribution is -0.132. The molecule has 0 radical (unpaired) electrons. The van der Waals surface area contributed by atoms with Gasteiger partial charge in [-0.2, -0.15) is 0 Å². The number of carbonyl (C=O) groups is 2. The Balaban J connectivity index is 1.71. The molecule has 1 aromatic rings. The molecule has 0 aliphatic carbocycles. The van der Waals surface area contributed by atoms with E-state index in [1.807, 2.05) is 29.9 Å². The normalized spacial score (nSPS) is 25.1. The van der Waals surface area contributed by atoms with Crippen molar-refractivity contribution in [3.63, 3.8) is 0 Å². The van der Waals surface area contributed by atoms with Gasteiger partial charge < -0.3 is 9.88 Å². The van der Waals surface area contributed by atoms with Crippen LogP contribution in [0, 0.1) is 0 Å². The van der Waals surface area contributed by atoms with Crippen LogP contribution in [-0.2, 0) is 26.5 Å². The molecule has 0 spiro atoms. The molecule has 2 fully saturated rings. The fraction of sp³-hybridized carbons (Fsp3) is 0.438. The second kappa shape index (κ2) is 7.16. The van der Waals surface area contributed by atoms with Crippen molar-refractivity contribution in [2.75, 3.05) is 11.5 Å². The van der Waals surface area contributed by atoms with E-state index in [-0.39, 0.29) is 17.4 Å². The fourth-order valence-corrected chi connectivity index (χ4v) is 6.00. The Morgan fingerprint density at radius 3 is 2.81 bits per heavy atom. The third kappa shape index (κ3) is 3.86. The van der Waals surface area contributed by atoms with E-state index < -0.39 is 27.8 Å². The van der Waals surface area contributed by atoms with Crippen LogP contribution in [0.1, 0.15) is 19.0 Å². The first-order valence-corrected chi connectivity index (χ1v) is 11.1. The van der Waals surface area contributed by atoms with Gasteiger partial charge in [0.05, 0.1) is 16.4 Å². The monoisotopic (exact) mass is 413 g/mol. The minimum absolute atomic E-state index is 0.0583. The molecule has 2 aliphatic heterocycles. The summed E-state index contributed by atoms with van der Waals surface area (Å²) in [5.74, 6) is -0.698. The molecule has 2 unspecified atom stereocenters. The number of sulfone groups is 1. The molecule has 7 nitrogen and oxygen atoms in total. The Bertz CT molecular complexity index is 904. The molecule has 10 heteroatoms. The highest BCUT2D eigenvalue weighted by molar-refractivity contribution is 8.26. The maximum Gasteiger partial charge on any atom is 0.266 e. The number of nitrogens with zero attached hydrogens (tertiary/aromatic N) is 2. The maximum atomic E-state index is 12.7. The van der Waals surface area contributed by atoms with Gasteiger partial charge in [-0.3, -0.25) is 14.5 Å². The van der Waals surface area contributed by atoms with Crippen LogP contribution in [0.15, 0.2) is 23.2 Å². The molecule has 1 N–H and O–H groups in total.